The van der Waals surface area contributed by atoms with Crippen molar-refractivity contribution in [2.45, 2.75) is 58.2 Å². The number of hydrogen-bond acceptors (Lipinski definition) is 8. The van der Waals surface area contributed by atoms with Gasteiger partial charge in [0.05, 0.1) is 11.1 Å². The molecule has 3 aliphatic rings. The molecule has 0 aliphatic carbocycles. The molecular weight excluding hydrogens is 542 g/mol. The Kier molecular flexibility index (Phi) is 6.20. The minimum Gasteiger partial charge on any atom is -0.508 e. The van der Waals surface area contributed by atoms with Gasteiger partial charge in [0.25, 0.3) is 0 Å². The molecule has 2 aromatic heterocycles. The molecule has 2 aromatic carbocycles. The highest BCUT2D eigenvalue weighted by Crippen LogP contribution is 2.42. The van der Waals surface area contributed by atoms with E-state index in [4.69, 9.17) is 19.1 Å². The molecule has 1 N–H and O–H groups in total. The number of fused-ring (bicyclic) bond motifs is 3. The second-order valence-corrected chi connectivity index (χ2v) is 12.9. The van der Waals surface area contributed by atoms with Gasteiger partial charge in [0.1, 0.15) is 35.5 Å². The number of ether oxygens (including phenoxy) is 1. The molecule has 0 radical (unpaired) electrons. The molecule has 5 heterocycles. The number of aromatic nitrogens is 2. The van der Waals surface area contributed by atoms with Crippen LogP contribution in [0.5, 0.6) is 11.8 Å². The van der Waals surface area contributed by atoms with Gasteiger partial charge in [0.2, 0.25) is 0 Å². The van der Waals surface area contributed by atoms with Crippen LogP contribution in [0.15, 0.2) is 39.5 Å². The standard InChI is InChI=1S/C32H34F2N4O4/c1-18-26-25(29(40)42-27(18)22-13-21(39)12-19-6-4-7-23(34)24(19)22)28(37-11-9-31(2,3)16-37)36-30(35-26)41-17-32-8-5-10-38(32)15-20(33)14-32/h4,6-7,12-13,20,39H,5,8-11,14-17H2,1-3H3/t20-,32+/m1/s1. The highest BCUT2D eigenvalue weighted by molar-refractivity contribution is 6.00. The minimum absolute atomic E-state index is 0.0226. The number of aryl methyl sites for hydroxylation is 1. The molecule has 0 amide bonds. The molecule has 42 heavy (non-hydrogen) atoms. The Bertz CT molecular complexity index is 1790. The third-order valence-corrected chi connectivity index (χ3v) is 9.33. The second-order valence-electron chi connectivity index (χ2n) is 12.9. The first-order valence-electron chi connectivity index (χ1n) is 14.6. The van der Waals surface area contributed by atoms with Gasteiger partial charge in [-0.05, 0) is 61.7 Å². The Morgan fingerprint density at radius 3 is 2.79 bits per heavy atom. The molecule has 0 bridgehead atoms. The zero-order chi connectivity index (χ0) is 29.4. The van der Waals surface area contributed by atoms with Gasteiger partial charge >= 0.3 is 11.6 Å². The highest BCUT2D eigenvalue weighted by Gasteiger charge is 2.49. The molecule has 3 aliphatic heterocycles. The van der Waals surface area contributed by atoms with Crippen molar-refractivity contribution in [3.05, 3.63) is 52.1 Å². The van der Waals surface area contributed by atoms with Crippen LogP contribution in [0, 0.1) is 18.2 Å². The summed E-state index contributed by atoms with van der Waals surface area (Å²) in [7, 11) is 0. The van der Waals surface area contributed by atoms with Crippen molar-refractivity contribution in [1.29, 1.82) is 0 Å². The summed E-state index contributed by atoms with van der Waals surface area (Å²) in [5.41, 5.74) is 0.0775. The van der Waals surface area contributed by atoms with Crippen molar-refractivity contribution in [3.63, 3.8) is 0 Å². The molecule has 3 saturated heterocycles. The summed E-state index contributed by atoms with van der Waals surface area (Å²) in [5, 5.41) is 11.4. The van der Waals surface area contributed by atoms with Crippen molar-refractivity contribution >= 4 is 27.5 Å². The van der Waals surface area contributed by atoms with Gasteiger partial charge in [-0.3, -0.25) is 4.90 Å². The van der Waals surface area contributed by atoms with E-state index in [1.54, 1.807) is 19.1 Å². The van der Waals surface area contributed by atoms with Gasteiger partial charge in [0.15, 0.2) is 5.82 Å². The molecule has 10 heteroatoms. The smallest absolute Gasteiger partial charge is 0.349 e. The number of phenols is 1. The lowest BCUT2D eigenvalue weighted by Gasteiger charge is -2.31. The van der Waals surface area contributed by atoms with Crippen molar-refractivity contribution in [2.24, 2.45) is 5.41 Å². The van der Waals surface area contributed by atoms with E-state index in [2.05, 4.69) is 23.6 Å². The van der Waals surface area contributed by atoms with Gasteiger partial charge < -0.3 is 19.2 Å². The molecular formula is C32H34F2N4O4. The lowest BCUT2D eigenvalue weighted by Crippen LogP contribution is -2.43. The van der Waals surface area contributed by atoms with E-state index >= 15 is 4.39 Å². The molecule has 4 aromatic rings. The monoisotopic (exact) mass is 576 g/mol. The summed E-state index contributed by atoms with van der Waals surface area (Å²) in [4.78, 5) is 27.4. The van der Waals surface area contributed by atoms with Gasteiger partial charge in [-0.2, -0.15) is 9.97 Å². The summed E-state index contributed by atoms with van der Waals surface area (Å²) in [6.07, 6.45) is 2.27. The Hall–Kier alpha value is -3.79. The molecule has 3 fully saturated rings. The fourth-order valence-corrected chi connectivity index (χ4v) is 7.25. The van der Waals surface area contributed by atoms with E-state index in [9.17, 15) is 14.3 Å². The first-order valence-corrected chi connectivity index (χ1v) is 14.6. The highest BCUT2D eigenvalue weighted by atomic mass is 19.1. The summed E-state index contributed by atoms with van der Waals surface area (Å²) >= 11 is 0. The number of hydrogen-bond donors (Lipinski definition) is 1. The zero-order valence-corrected chi connectivity index (χ0v) is 24.0. The van der Waals surface area contributed by atoms with Crippen molar-refractivity contribution in [3.8, 4) is 23.1 Å². The summed E-state index contributed by atoms with van der Waals surface area (Å²) in [5.74, 6) is -0.0292. The van der Waals surface area contributed by atoms with E-state index in [1.807, 2.05) is 0 Å². The second kappa shape index (κ2) is 9.62. The molecule has 8 nitrogen and oxygen atoms in total. The molecule has 0 spiro atoms. The molecule has 220 valence electrons. The number of rotatable bonds is 5. The van der Waals surface area contributed by atoms with Crippen LogP contribution in [0.4, 0.5) is 14.6 Å². The lowest BCUT2D eigenvalue weighted by atomic mass is 9.93. The third kappa shape index (κ3) is 4.38. The predicted molar refractivity (Wildman–Crippen MR) is 157 cm³/mol. The minimum atomic E-state index is -0.888. The van der Waals surface area contributed by atoms with Crippen LogP contribution < -0.4 is 15.3 Å². The average molecular weight is 577 g/mol. The van der Waals surface area contributed by atoms with Crippen molar-refractivity contribution in [2.75, 3.05) is 37.7 Å². The van der Waals surface area contributed by atoms with Crippen molar-refractivity contribution < 1.29 is 23.0 Å². The average Bonchev–Trinajstić information content (AvgIpc) is 3.59. The molecule has 0 unspecified atom stereocenters. The van der Waals surface area contributed by atoms with Crippen molar-refractivity contribution in [1.82, 2.24) is 14.9 Å². The van der Waals surface area contributed by atoms with Crippen LogP contribution in [0.2, 0.25) is 0 Å². The van der Waals surface area contributed by atoms with E-state index in [0.717, 1.165) is 25.8 Å². The quantitative estimate of drug-likeness (QED) is 0.321. The third-order valence-electron chi connectivity index (χ3n) is 9.33. The topological polar surface area (TPSA) is 91.9 Å². The fraction of sp³-hybridized carbons (Fsp3) is 0.469. The lowest BCUT2D eigenvalue weighted by molar-refractivity contribution is 0.107. The molecule has 2 atom stereocenters. The maximum Gasteiger partial charge on any atom is 0.349 e. The van der Waals surface area contributed by atoms with Gasteiger partial charge in [-0.1, -0.05) is 26.0 Å². The van der Waals surface area contributed by atoms with Crippen LogP contribution in [0.25, 0.3) is 33.0 Å². The molecule has 0 saturated carbocycles. The largest absolute Gasteiger partial charge is 0.508 e. The number of phenolic OH excluding ortho intramolecular Hbond substituents is 1. The number of anilines is 1. The van der Waals surface area contributed by atoms with E-state index in [0.29, 0.717) is 48.3 Å². The maximum absolute atomic E-state index is 15.1. The van der Waals surface area contributed by atoms with Crippen LogP contribution in [-0.4, -0.2) is 64.5 Å². The van der Waals surface area contributed by atoms with Gasteiger partial charge in [0, 0.05) is 42.6 Å². The summed E-state index contributed by atoms with van der Waals surface area (Å²) < 4.78 is 41.7. The van der Waals surface area contributed by atoms with E-state index in [-0.39, 0.29) is 51.4 Å². The Morgan fingerprint density at radius 1 is 1.17 bits per heavy atom. The van der Waals surface area contributed by atoms with Crippen LogP contribution >= 0.6 is 0 Å². The first-order chi connectivity index (χ1) is 20.0. The Balaban J connectivity index is 1.40. The number of alkyl halides is 1. The maximum atomic E-state index is 15.1. The van der Waals surface area contributed by atoms with Gasteiger partial charge in [-0.25, -0.2) is 13.6 Å². The van der Waals surface area contributed by atoms with E-state index in [1.165, 1.54) is 18.2 Å². The SMILES string of the molecule is Cc1c(-c2cc(O)cc3cccc(F)c23)oc(=O)c2c(N3CCC(C)(C)C3)nc(OC[C@@]34CCCN3C[C@H](F)C4)nc12. The zero-order valence-electron chi connectivity index (χ0n) is 24.0. The summed E-state index contributed by atoms with van der Waals surface area (Å²) in [6, 6.07) is 7.55. The first kappa shape index (κ1) is 27.1. The number of benzene rings is 2. The van der Waals surface area contributed by atoms with Crippen LogP contribution in [-0.2, 0) is 0 Å². The van der Waals surface area contributed by atoms with E-state index < -0.39 is 17.6 Å². The fourth-order valence-electron chi connectivity index (χ4n) is 7.25. The predicted octanol–water partition coefficient (Wildman–Crippen LogP) is 5.75. The Morgan fingerprint density at radius 2 is 2.00 bits per heavy atom. The number of aromatic hydroxyl groups is 1. The van der Waals surface area contributed by atoms with Crippen LogP contribution in [0.1, 0.15) is 45.1 Å². The normalized spacial score (nSPS) is 23.7. The summed E-state index contributed by atoms with van der Waals surface area (Å²) in [6.45, 7) is 8.98. The Labute approximate surface area is 241 Å². The van der Waals surface area contributed by atoms with Gasteiger partial charge in [-0.15, -0.1) is 0 Å². The number of halogens is 2. The number of nitrogens with zero attached hydrogens (tertiary/aromatic N) is 4. The van der Waals surface area contributed by atoms with Crippen LogP contribution in [0.3, 0.4) is 0 Å². The molecule has 7 rings (SSSR count).